The summed E-state index contributed by atoms with van der Waals surface area (Å²) in [6, 6.07) is 4.17. The number of hydrogen-bond acceptors (Lipinski definition) is 3. The molecule has 0 saturated carbocycles. The Labute approximate surface area is 114 Å². The molecule has 0 spiro atoms. The van der Waals surface area contributed by atoms with Gasteiger partial charge in [0.25, 0.3) is 0 Å². The van der Waals surface area contributed by atoms with Crippen molar-refractivity contribution in [1.29, 1.82) is 0 Å². The van der Waals surface area contributed by atoms with Gasteiger partial charge in [-0.3, -0.25) is 4.98 Å². The summed E-state index contributed by atoms with van der Waals surface area (Å²) in [5.41, 5.74) is 7.24. The maximum atomic E-state index is 5.82. The Morgan fingerprint density at radius 3 is 2.56 bits per heavy atom. The van der Waals surface area contributed by atoms with Crippen LogP contribution in [-0.2, 0) is 6.42 Å². The standard InChI is InChI=1S/C14H21N3S/c1-14(13(15)18)5-10-17(11-6-14)9-4-12-2-7-16-8-3-12/h2-3,7-8H,4-6,9-11H2,1H3,(H2,15,18). The highest BCUT2D eigenvalue weighted by molar-refractivity contribution is 7.80. The van der Waals surface area contributed by atoms with Gasteiger partial charge in [0.2, 0.25) is 0 Å². The van der Waals surface area contributed by atoms with E-state index in [1.165, 1.54) is 5.56 Å². The third-order valence-corrected chi connectivity index (χ3v) is 4.51. The Bertz CT molecular complexity index is 397. The van der Waals surface area contributed by atoms with Gasteiger partial charge in [-0.1, -0.05) is 19.1 Å². The molecule has 0 amide bonds. The van der Waals surface area contributed by atoms with Crippen molar-refractivity contribution in [3.63, 3.8) is 0 Å². The van der Waals surface area contributed by atoms with Crippen LogP contribution in [0.5, 0.6) is 0 Å². The molecule has 1 fully saturated rings. The highest BCUT2D eigenvalue weighted by atomic mass is 32.1. The fourth-order valence-electron chi connectivity index (χ4n) is 2.35. The lowest BCUT2D eigenvalue weighted by Crippen LogP contribution is -2.45. The molecule has 1 aromatic heterocycles. The molecular weight excluding hydrogens is 242 g/mol. The second-order valence-electron chi connectivity index (χ2n) is 5.37. The van der Waals surface area contributed by atoms with Crippen molar-refractivity contribution in [2.24, 2.45) is 11.1 Å². The van der Waals surface area contributed by atoms with Crippen LogP contribution in [0.4, 0.5) is 0 Å². The summed E-state index contributed by atoms with van der Waals surface area (Å²) in [6.07, 6.45) is 6.97. The van der Waals surface area contributed by atoms with E-state index in [0.29, 0.717) is 4.99 Å². The Balaban J connectivity index is 1.79. The lowest BCUT2D eigenvalue weighted by atomic mass is 9.80. The minimum absolute atomic E-state index is 0.0719. The van der Waals surface area contributed by atoms with Gasteiger partial charge in [-0.25, -0.2) is 0 Å². The molecular formula is C14H21N3S. The van der Waals surface area contributed by atoms with Gasteiger partial charge in [0, 0.05) is 24.4 Å². The number of nitrogens with two attached hydrogens (primary N) is 1. The zero-order valence-corrected chi connectivity index (χ0v) is 11.7. The summed E-state index contributed by atoms with van der Waals surface area (Å²) >= 11 is 5.16. The van der Waals surface area contributed by atoms with E-state index in [9.17, 15) is 0 Å². The van der Waals surface area contributed by atoms with Crippen LogP contribution >= 0.6 is 12.2 Å². The third-order valence-electron chi connectivity index (χ3n) is 4.02. The second-order valence-corrected chi connectivity index (χ2v) is 5.81. The van der Waals surface area contributed by atoms with Gasteiger partial charge < -0.3 is 10.6 Å². The maximum absolute atomic E-state index is 5.82. The van der Waals surface area contributed by atoms with Crippen LogP contribution in [-0.4, -0.2) is 34.5 Å². The number of pyridine rings is 1. The Kier molecular flexibility index (Phi) is 4.30. The number of piperidine rings is 1. The molecule has 2 N–H and O–H groups in total. The lowest BCUT2D eigenvalue weighted by Gasteiger charge is -2.38. The number of hydrogen-bond donors (Lipinski definition) is 1. The molecule has 1 aliphatic heterocycles. The SMILES string of the molecule is CC1(C(N)=S)CCN(CCc2ccncc2)CC1. The Morgan fingerprint density at radius 1 is 1.39 bits per heavy atom. The van der Waals surface area contributed by atoms with E-state index in [4.69, 9.17) is 18.0 Å². The summed E-state index contributed by atoms with van der Waals surface area (Å²) < 4.78 is 0. The third kappa shape index (κ3) is 3.27. The minimum Gasteiger partial charge on any atom is -0.393 e. The minimum atomic E-state index is 0.0719. The van der Waals surface area contributed by atoms with Crippen molar-refractivity contribution in [1.82, 2.24) is 9.88 Å². The molecule has 1 aliphatic rings. The molecule has 1 aromatic rings. The number of thiocarbonyl (C=S) groups is 1. The van der Waals surface area contributed by atoms with Crippen LogP contribution in [0.15, 0.2) is 24.5 Å². The average molecular weight is 263 g/mol. The van der Waals surface area contributed by atoms with Crippen molar-refractivity contribution in [2.45, 2.75) is 26.2 Å². The van der Waals surface area contributed by atoms with Crippen LogP contribution in [0.25, 0.3) is 0 Å². The first-order valence-corrected chi connectivity index (χ1v) is 6.92. The van der Waals surface area contributed by atoms with Gasteiger partial charge in [-0.05, 0) is 50.0 Å². The molecule has 1 saturated heterocycles. The molecule has 0 radical (unpaired) electrons. The van der Waals surface area contributed by atoms with Gasteiger partial charge in [0.15, 0.2) is 0 Å². The van der Waals surface area contributed by atoms with Crippen LogP contribution in [0.1, 0.15) is 25.3 Å². The summed E-state index contributed by atoms with van der Waals surface area (Å²) in [7, 11) is 0. The predicted octanol–water partition coefficient (Wildman–Crippen LogP) is 2.01. The summed E-state index contributed by atoms with van der Waals surface area (Å²) in [5, 5.41) is 0. The first-order valence-electron chi connectivity index (χ1n) is 6.51. The van der Waals surface area contributed by atoms with Crippen molar-refractivity contribution in [3.05, 3.63) is 30.1 Å². The lowest BCUT2D eigenvalue weighted by molar-refractivity contribution is 0.166. The zero-order valence-electron chi connectivity index (χ0n) is 10.9. The van der Waals surface area contributed by atoms with E-state index in [1.807, 2.05) is 12.4 Å². The largest absolute Gasteiger partial charge is 0.393 e. The molecule has 0 atom stereocenters. The molecule has 98 valence electrons. The highest BCUT2D eigenvalue weighted by Gasteiger charge is 2.32. The van der Waals surface area contributed by atoms with Crippen LogP contribution in [0.3, 0.4) is 0 Å². The van der Waals surface area contributed by atoms with Gasteiger partial charge in [0.1, 0.15) is 0 Å². The van der Waals surface area contributed by atoms with Crippen LogP contribution < -0.4 is 5.73 Å². The summed E-state index contributed by atoms with van der Waals surface area (Å²) in [5.74, 6) is 0. The Morgan fingerprint density at radius 2 is 2.00 bits per heavy atom. The first-order chi connectivity index (χ1) is 8.60. The van der Waals surface area contributed by atoms with E-state index < -0.39 is 0 Å². The normalized spacial score (nSPS) is 19.6. The first kappa shape index (κ1) is 13.4. The van der Waals surface area contributed by atoms with Crippen LogP contribution in [0, 0.1) is 5.41 Å². The fourth-order valence-corrected chi connectivity index (χ4v) is 2.56. The molecule has 2 rings (SSSR count). The van der Waals surface area contributed by atoms with Gasteiger partial charge in [-0.15, -0.1) is 0 Å². The maximum Gasteiger partial charge on any atom is 0.0788 e. The van der Waals surface area contributed by atoms with Gasteiger partial charge in [-0.2, -0.15) is 0 Å². The summed E-state index contributed by atoms with van der Waals surface area (Å²) in [4.78, 5) is 7.21. The van der Waals surface area contributed by atoms with E-state index in [2.05, 4.69) is 28.9 Å². The summed E-state index contributed by atoms with van der Waals surface area (Å²) in [6.45, 7) is 5.49. The van der Waals surface area contributed by atoms with E-state index >= 15 is 0 Å². The molecule has 0 aliphatic carbocycles. The Hall–Kier alpha value is -1.00. The van der Waals surface area contributed by atoms with Crippen molar-refractivity contribution < 1.29 is 0 Å². The molecule has 18 heavy (non-hydrogen) atoms. The topological polar surface area (TPSA) is 42.1 Å². The average Bonchev–Trinajstić information content (AvgIpc) is 2.39. The smallest absolute Gasteiger partial charge is 0.0788 e. The van der Waals surface area contributed by atoms with E-state index in [1.54, 1.807) is 0 Å². The molecule has 0 aromatic carbocycles. The molecule has 0 bridgehead atoms. The highest BCUT2D eigenvalue weighted by Crippen LogP contribution is 2.31. The fraction of sp³-hybridized carbons (Fsp3) is 0.571. The van der Waals surface area contributed by atoms with Crippen LogP contribution in [0.2, 0.25) is 0 Å². The molecule has 3 nitrogen and oxygen atoms in total. The second kappa shape index (κ2) is 5.76. The number of nitrogens with zero attached hydrogens (tertiary/aromatic N) is 2. The molecule has 4 heteroatoms. The monoisotopic (exact) mass is 263 g/mol. The molecule has 0 unspecified atom stereocenters. The number of likely N-dealkylation sites (tertiary alicyclic amines) is 1. The van der Waals surface area contributed by atoms with Gasteiger partial charge >= 0.3 is 0 Å². The zero-order chi connectivity index (χ0) is 13.0. The van der Waals surface area contributed by atoms with Crippen molar-refractivity contribution >= 4 is 17.2 Å². The predicted molar refractivity (Wildman–Crippen MR) is 78.5 cm³/mol. The van der Waals surface area contributed by atoms with Crippen molar-refractivity contribution in [2.75, 3.05) is 19.6 Å². The van der Waals surface area contributed by atoms with Gasteiger partial charge in [0.05, 0.1) is 4.99 Å². The van der Waals surface area contributed by atoms with E-state index in [-0.39, 0.29) is 5.41 Å². The van der Waals surface area contributed by atoms with Crippen molar-refractivity contribution in [3.8, 4) is 0 Å². The quantitative estimate of drug-likeness (QED) is 0.844. The number of aromatic nitrogens is 1. The number of rotatable bonds is 4. The molecule has 2 heterocycles. The van der Waals surface area contributed by atoms with E-state index in [0.717, 1.165) is 38.9 Å².